The highest BCUT2D eigenvalue weighted by atomic mass is 16.5. The van der Waals surface area contributed by atoms with Gasteiger partial charge in [-0.2, -0.15) is 0 Å². The fourth-order valence-electron chi connectivity index (χ4n) is 3.72. The first kappa shape index (κ1) is 22.2. The van der Waals surface area contributed by atoms with E-state index in [0.717, 1.165) is 22.2 Å². The SMILES string of the molecule is CCOCCNC(=O)c1ccc2c(c1)ncn2Cc1ccc(-c2ccccc2C(=O)O)cc1. The topological polar surface area (TPSA) is 93.5 Å². The third-order valence-electron chi connectivity index (χ3n) is 5.39. The Balaban J connectivity index is 1.48. The van der Waals surface area contributed by atoms with Crippen molar-refractivity contribution in [2.45, 2.75) is 13.5 Å². The van der Waals surface area contributed by atoms with Crippen molar-refractivity contribution in [3.8, 4) is 11.1 Å². The lowest BCUT2D eigenvalue weighted by Gasteiger charge is -2.09. The second kappa shape index (κ2) is 10.1. The number of nitrogens with one attached hydrogen (secondary N) is 1. The number of nitrogens with zero attached hydrogens (tertiary/aromatic N) is 2. The van der Waals surface area contributed by atoms with E-state index in [0.29, 0.717) is 37.4 Å². The zero-order valence-corrected chi connectivity index (χ0v) is 18.3. The summed E-state index contributed by atoms with van der Waals surface area (Å²) in [5.41, 5.74) is 5.13. The summed E-state index contributed by atoms with van der Waals surface area (Å²) in [6, 6.07) is 20.3. The van der Waals surface area contributed by atoms with Gasteiger partial charge in [0.1, 0.15) is 0 Å². The van der Waals surface area contributed by atoms with Crippen LogP contribution in [0.1, 0.15) is 33.2 Å². The van der Waals surface area contributed by atoms with Crippen LogP contribution in [-0.2, 0) is 11.3 Å². The first-order valence-electron chi connectivity index (χ1n) is 10.8. The Kier molecular flexibility index (Phi) is 6.80. The van der Waals surface area contributed by atoms with Gasteiger partial charge in [0, 0.05) is 25.3 Å². The molecule has 7 heteroatoms. The number of benzene rings is 3. The van der Waals surface area contributed by atoms with Gasteiger partial charge >= 0.3 is 5.97 Å². The van der Waals surface area contributed by atoms with E-state index in [9.17, 15) is 14.7 Å². The molecule has 0 atom stereocenters. The minimum atomic E-state index is -0.943. The Morgan fingerprint density at radius 2 is 1.85 bits per heavy atom. The van der Waals surface area contributed by atoms with E-state index in [1.54, 1.807) is 30.6 Å². The number of hydrogen-bond donors (Lipinski definition) is 2. The largest absolute Gasteiger partial charge is 0.478 e. The van der Waals surface area contributed by atoms with Crippen molar-refractivity contribution in [2.24, 2.45) is 0 Å². The van der Waals surface area contributed by atoms with E-state index in [4.69, 9.17) is 4.74 Å². The second-order valence-corrected chi connectivity index (χ2v) is 7.58. The summed E-state index contributed by atoms with van der Waals surface area (Å²) in [5.74, 6) is -1.09. The Morgan fingerprint density at radius 1 is 1.06 bits per heavy atom. The lowest BCUT2D eigenvalue weighted by atomic mass is 9.99. The predicted molar refractivity (Wildman–Crippen MR) is 126 cm³/mol. The summed E-state index contributed by atoms with van der Waals surface area (Å²) in [5, 5.41) is 12.3. The van der Waals surface area contributed by atoms with E-state index in [1.165, 1.54) is 0 Å². The van der Waals surface area contributed by atoms with Gasteiger partial charge in [0.25, 0.3) is 5.91 Å². The smallest absolute Gasteiger partial charge is 0.336 e. The molecule has 3 aromatic carbocycles. The summed E-state index contributed by atoms with van der Waals surface area (Å²) in [4.78, 5) is 28.3. The molecule has 0 aliphatic heterocycles. The first-order valence-corrected chi connectivity index (χ1v) is 10.8. The Hall–Kier alpha value is -3.97. The fourth-order valence-corrected chi connectivity index (χ4v) is 3.72. The number of hydrogen-bond acceptors (Lipinski definition) is 4. The molecule has 0 fully saturated rings. The average Bonchev–Trinajstić information content (AvgIpc) is 3.24. The van der Waals surface area contributed by atoms with E-state index in [-0.39, 0.29) is 11.5 Å². The van der Waals surface area contributed by atoms with Crippen molar-refractivity contribution in [2.75, 3.05) is 19.8 Å². The van der Waals surface area contributed by atoms with Crippen molar-refractivity contribution in [3.05, 3.63) is 89.7 Å². The van der Waals surface area contributed by atoms with Crippen molar-refractivity contribution in [1.29, 1.82) is 0 Å². The van der Waals surface area contributed by atoms with Crippen LogP contribution in [0.4, 0.5) is 0 Å². The van der Waals surface area contributed by atoms with Crippen LogP contribution in [0.2, 0.25) is 0 Å². The maximum atomic E-state index is 12.3. The molecule has 1 aromatic heterocycles. The molecule has 4 aromatic rings. The predicted octanol–water partition coefficient (Wildman–Crippen LogP) is 4.22. The Bertz CT molecular complexity index is 1280. The molecule has 0 unspecified atom stereocenters. The van der Waals surface area contributed by atoms with E-state index in [2.05, 4.69) is 10.3 Å². The summed E-state index contributed by atoms with van der Waals surface area (Å²) < 4.78 is 7.26. The minimum absolute atomic E-state index is 0.150. The van der Waals surface area contributed by atoms with Crippen LogP contribution in [0.15, 0.2) is 73.1 Å². The molecular formula is C26H25N3O4. The number of carbonyl (C=O) groups excluding carboxylic acids is 1. The number of rotatable bonds is 9. The van der Waals surface area contributed by atoms with Crippen LogP contribution in [0, 0.1) is 0 Å². The number of aromatic nitrogens is 2. The summed E-state index contributed by atoms with van der Waals surface area (Å²) in [6.07, 6.45) is 1.76. The van der Waals surface area contributed by atoms with Crippen LogP contribution in [0.3, 0.4) is 0 Å². The zero-order valence-electron chi connectivity index (χ0n) is 18.3. The quantitative estimate of drug-likeness (QED) is 0.378. The number of imidazole rings is 1. The highest BCUT2D eigenvalue weighted by molar-refractivity contribution is 5.97. The molecule has 0 radical (unpaired) electrons. The highest BCUT2D eigenvalue weighted by Crippen LogP contribution is 2.25. The maximum absolute atomic E-state index is 12.3. The molecular weight excluding hydrogens is 418 g/mol. The molecule has 1 heterocycles. The van der Waals surface area contributed by atoms with Crippen LogP contribution in [0.5, 0.6) is 0 Å². The Labute approximate surface area is 191 Å². The number of carbonyl (C=O) groups is 2. The first-order chi connectivity index (χ1) is 16.1. The lowest BCUT2D eigenvalue weighted by molar-refractivity contribution is 0.0697. The number of amides is 1. The second-order valence-electron chi connectivity index (χ2n) is 7.58. The molecule has 0 aliphatic carbocycles. The number of carboxylic acids is 1. The number of ether oxygens (including phenoxy) is 1. The zero-order chi connectivity index (χ0) is 23.2. The van der Waals surface area contributed by atoms with Crippen molar-refractivity contribution in [3.63, 3.8) is 0 Å². The molecule has 0 spiro atoms. The number of fused-ring (bicyclic) bond motifs is 1. The summed E-state index contributed by atoms with van der Waals surface area (Å²) in [7, 11) is 0. The molecule has 1 amide bonds. The molecule has 0 saturated carbocycles. The van der Waals surface area contributed by atoms with Gasteiger partial charge in [-0.15, -0.1) is 0 Å². The van der Waals surface area contributed by atoms with Crippen LogP contribution < -0.4 is 5.32 Å². The third-order valence-corrected chi connectivity index (χ3v) is 5.39. The molecule has 0 saturated heterocycles. The molecule has 0 bridgehead atoms. The molecule has 33 heavy (non-hydrogen) atoms. The third kappa shape index (κ3) is 5.10. The van der Waals surface area contributed by atoms with Crippen molar-refractivity contribution >= 4 is 22.9 Å². The van der Waals surface area contributed by atoms with E-state index < -0.39 is 5.97 Å². The number of carboxylic acid groups (broad SMARTS) is 1. The maximum Gasteiger partial charge on any atom is 0.336 e. The van der Waals surface area contributed by atoms with Gasteiger partial charge in [-0.1, -0.05) is 42.5 Å². The lowest BCUT2D eigenvalue weighted by Crippen LogP contribution is -2.27. The highest BCUT2D eigenvalue weighted by Gasteiger charge is 2.12. The molecule has 0 aliphatic rings. The van der Waals surface area contributed by atoms with Gasteiger partial charge < -0.3 is 19.7 Å². The fraction of sp³-hybridized carbons (Fsp3) is 0.192. The van der Waals surface area contributed by atoms with Crippen molar-refractivity contribution in [1.82, 2.24) is 14.9 Å². The molecule has 2 N–H and O–H groups in total. The monoisotopic (exact) mass is 443 g/mol. The van der Waals surface area contributed by atoms with Crippen LogP contribution in [0.25, 0.3) is 22.2 Å². The normalized spacial score (nSPS) is 10.9. The van der Waals surface area contributed by atoms with Gasteiger partial charge in [-0.05, 0) is 47.9 Å². The molecule has 168 valence electrons. The van der Waals surface area contributed by atoms with Crippen LogP contribution >= 0.6 is 0 Å². The van der Waals surface area contributed by atoms with Gasteiger partial charge in [-0.3, -0.25) is 4.79 Å². The van der Waals surface area contributed by atoms with E-state index >= 15 is 0 Å². The van der Waals surface area contributed by atoms with Gasteiger partial charge in [0.2, 0.25) is 0 Å². The standard InChI is InChI=1S/C26H25N3O4/c1-2-33-14-13-27-25(30)20-11-12-24-23(15-20)28-17-29(24)16-18-7-9-19(10-8-18)21-5-3-4-6-22(21)26(31)32/h3-12,15,17H,2,13-14,16H2,1H3,(H,27,30)(H,31,32). The van der Waals surface area contributed by atoms with Gasteiger partial charge in [-0.25, -0.2) is 9.78 Å². The molecule has 7 nitrogen and oxygen atoms in total. The summed E-state index contributed by atoms with van der Waals surface area (Å²) >= 11 is 0. The molecule has 4 rings (SSSR count). The van der Waals surface area contributed by atoms with Gasteiger partial charge in [0.15, 0.2) is 0 Å². The average molecular weight is 444 g/mol. The van der Waals surface area contributed by atoms with Gasteiger partial charge in [0.05, 0.1) is 29.5 Å². The minimum Gasteiger partial charge on any atom is -0.478 e. The number of aromatic carboxylic acids is 1. The van der Waals surface area contributed by atoms with Crippen molar-refractivity contribution < 1.29 is 19.4 Å². The van der Waals surface area contributed by atoms with E-state index in [1.807, 2.05) is 54.0 Å². The van der Waals surface area contributed by atoms with Crippen LogP contribution in [-0.4, -0.2) is 46.3 Å². The summed E-state index contributed by atoms with van der Waals surface area (Å²) in [6.45, 7) is 4.10. The Morgan fingerprint density at radius 3 is 2.61 bits per heavy atom.